The van der Waals surface area contributed by atoms with Gasteiger partial charge in [-0.25, -0.2) is 0 Å². The summed E-state index contributed by atoms with van der Waals surface area (Å²) >= 11 is 6.19. The lowest BCUT2D eigenvalue weighted by Gasteiger charge is -2.26. The van der Waals surface area contributed by atoms with Gasteiger partial charge in [0, 0.05) is 19.6 Å². The third-order valence-electron chi connectivity index (χ3n) is 4.28. The van der Waals surface area contributed by atoms with Crippen LogP contribution in [0, 0.1) is 13.8 Å². The number of aryl methyl sites for hydroxylation is 1. The zero-order valence-electron chi connectivity index (χ0n) is 14.3. The minimum absolute atomic E-state index is 0.0109. The lowest BCUT2D eigenvalue weighted by atomic mass is 10.2. The summed E-state index contributed by atoms with van der Waals surface area (Å²) < 4.78 is 7.08. The maximum Gasteiger partial charge on any atom is 0.244 e. The van der Waals surface area contributed by atoms with Crippen LogP contribution < -0.4 is 5.32 Å². The van der Waals surface area contributed by atoms with E-state index in [0.29, 0.717) is 18.0 Å². The molecular formula is C16H27ClN4O2. The highest BCUT2D eigenvalue weighted by atomic mass is 35.5. The summed E-state index contributed by atoms with van der Waals surface area (Å²) in [6, 6.07) is -0.301. The molecule has 0 aliphatic carbocycles. The molecule has 1 aromatic rings. The summed E-state index contributed by atoms with van der Waals surface area (Å²) in [5.41, 5.74) is 1.61. The molecule has 1 amide bonds. The minimum Gasteiger partial charge on any atom is -0.379 e. The Bertz CT molecular complexity index is 526. The van der Waals surface area contributed by atoms with E-state index in [4.69, 9.17) is 16.3 Å². The van der Waals surface area contributed by atoms with E-state index in [9.17, 15) is 4.79 Å². The molecule has 0 radical (unpaired) electrons. The van der Waals surface area contributed by atoms with Gasteiger partial charge in [0.15, 0.2) is 0 Å². The van der Waals surface area contributed by atoms with Crippen LogP contribution in [0.15, 0.2) is 0 Å². The number of halogens is 1. The fourth-order valence-electron chi connectivity index (χ4n) is 2.87. The summed E-state index contributed by atoms with van der Waals surface area (Å²) in [7, 11) is 0. The van der Waals surface area contributed by atoms with Crippen molar-refractivity contribution in [1.29, 1.82) is 0 Å². The van der Waals surface area contributed by atoms with Crippen molar-refractivity contribution >= 4 is 17.5 Å². The van der Waals surface area contributed by atoms with Crippen LogP contribution in [0.1, 0.15) is 37.2 Å². The largest absolute Gasteiger partial charge is 0.379 e. The molecule has 1 aliphatic heterocycles. The van der Waals surface area contributed by atoms with Crippen molar-refractivity contribution in [1.82, 2.24) is 20.0 Å². The lowest BCUT2D eigenvalue weighted by Crippen LogP contribution is -2.39. The van der Waals surface area contributed by atoms with E-state index in [1.54, 1.807) is 4.68 Å². The van der Waals surface area contributed by atoms with E-state index in [1.165, 1.54) is 0 Å². The Labute approximate surface area is 143 Å². The number of rotatable bonds is 7. The van der Waals surface area contributed by atoms with Crippen molar-refractivity contribution in [3.05, 3.63) is 16.4 Å². The van der Waals surface area contributed by atoms with Gasteiger partial charge in [-0.2, -0.15) is 5.10 Å². The molecular weight excluding hydrogens is 316 g/mol. The first kappa shape index (κ1) is 18.2. The van der Waals surface area contributed by atoms with Gasteiger partial charge in [-0.1, -0.05) is 18.5 Å². The predicted molar refractivity (Wildman–Crippen MR) is 90.9 cm³/mol. The number of hydrogen-bond acceptors (Lipinski definition) is 4. The fourth-order valence-corrected chi connectivity index (χ4v) is 3.00. The first-order chi connectivity index (χ1) is 11.0. The lowest BCUT2D eigenvalue weighted by molar-refractivity contribution is -0.124. The molecule has 2 heterocycles. The second-order valence-corrected chi connectivity index (χ2v) is 6.33. The second-order valence-electron chi connectivity index (χ2n) is 5.95. The molecule has 2 rings (SSSR count). The molecule has 7 heteroatoms. The van der Waals surface area contributed by atoms with Crippen molar-refractivity contribution in [2.24, 2.45) is 0 Å². The highest BCUT2D eigenvalue weighted by Gasteiger charge is 2.23. The van der Waals surface area contributed by atoms with Crippen molar-refractivity contribution in [2.45, 2.75) is 39.7 Å². The standard InChI is InChI=1S/C16H27ClN4O2/c1-4-14(21-13(3)15(17)12(2)19-21)16(22)18-6-5-7-20-8-10-23-11-9-20/h14H,4-11H2,1-3H3,(H,18,22). The predicted octanol–water partition coefficient (Wildman–Crippen LogP) is 1.94. The van der Waals surface area contributed by atoms with Gasteiger partial charge in [0.2, 0.25) is 5.91 Å². The smallest absolute Gasteiger partial charge is 0.244 e. The zero-order valence-corrected chi connectivity index (χ0v) is 15.0. The van der Waals surface area contributed by atoms with Gasteiger partial charge in [-0.15, -0.1) is 0 Å². The molecule has 0 bridgehead atoms. The van der Waals surface area contributed by atoms with Gasteiger partial charge in [-0.05, 0) is 33.2 Å². The first-order valence-corrected chi connectivity index (χ1v) is 8.71. The maximum atomic E-state index is 12.4. The van der Waals surface area contributed by atoms with Crippen LogP contribution in [-0.4, -0.2) is 60.0 Å². The third-order valence-corrected chi connectivity index (χ3v) is 4.82. The third kappa shape index (κ3) is 4.68. The van der Waals surface area contributed by atoms with Gasteiger partial charge in [0.1, 0.15) is 6.04 Å². The Morgan fingerprint density at radius 3 is 2.65 bits per heavy atom. The van der Waals surface area contributed by atoms with Crippen molar-refractivity contribution in [2.75, 3.05) is 39.4 Å². The number of carbonyl (C=O) groups is 1. The number of hydrogen-bond donors (Lipinski definition) is 1. The van der Waals surface area contributed by atoms with Crippen LogP contribution in [0.5, 0.6) is 0 Å². The molecule has 1 aliphatic rings. The highest BCUT2D eigenvalue weighted by molar-refractivity contribution is 6.31. The molecule has 6 nitrogen and oxygen atoms in total. The van der Waals surface area contributed by atoms with E-state index in [2.05, 4.69) is 15.3 Å². The summed E-state index contributed by atoms with van der Waals surface area (Å²) in [6.45, 7) is 11.0. The number of amides is 1. The average Bonchev–Trinajstić information content (AvgIpc) is 2.81. The summed E-state index contributed by atoms with van der Waals surface area (Å²) in [4.78, 5) is 14.8. The van der Waals surface area contributed by atoms with Crippen LogP contribution in [0.4, 0.5) is 0 Å². The van der Waals surface area contributed by atoms with E-state index in [-0.39, 0.29) is 11.9 Å². The summed E-state index contributed by atoms with van der Waals surface area (Å²) in [5, 5.41) is 8.07. The Balaban J connectivity index is 1.81. The average molecular weight is 343 g/mol. The van der Waals surface area contributed by atoms with E-state index in [0.717, 1.165) is 50.7 Å². The highest BCUT2D eigenvalue weighted by Crippen LogP contribution is 2.23. The van der Waals surface area contributed by atoms with Crippen molar-refractivity contribution in [3.8, 4) is 0 Å². The molecule has 130 valence electrons. The summed E-state index contributed by atoms with van der Waals surface area (Å²) in [5.74, 6) is 0.0109. The Morgan fingerprint density at radius 2 is 2.09 bits per heavy atom. The van der Waals surface area contributed by atoms with E-state index >= 15 is 0 Å². The number of aromatic nitrogens is 2. The van der Waals surface area contributed by atoms with Gasteiger partial charge in [0.05, 0.1) is 29.6 Å². The number of carbonyl (C=O) groups excluding carboxylic acids is 1. The van der Waals surface area contributed by atoms with Crippen LogP contribution in [0.2, 0.25) is 5.02 Å². The SMILES string of the molecule is CCC(C(=O)NCCCN1CCOCC1)n1nc(C)c(Cl)c1C. The van der Waals surface area contributed by atoms with Crippen molar-refractivity contribution < 1.29 is 9.53 Å². The Hall–Kier alpha value is -1.11. The molecule has 1 aromatic heterocycles. The normalized spacial score (nSPS) is 17.2. The molecule has 1 saturated heterocycles. The molecule has 1 fully saturated rings. The Kier molecular flexibility index (Phi) is 6.87. The van der Waals surface area contributed by atoms with Crippen LogP contribution in [0.3, 0.4) is 0 Å². The number of nitrogens with one attached hydrogen (secondary N) is 1. The van der Waals surface area contributed by atoms with Gasteiger partial charge in [-0.3, -0.25) is 14.4 Å². The molecule has 1 unspecified atom stereocenters. The molecule has 1 N–H and O–H groups in total. The number of nitrogens with zero attached hydrogens (tertiary/aromatic N) is 3. The van der Waals surface area contributed by atoms with Crippen molar-refractivity contribution in [3.63, 3.8) is 0 Å². The summed E-state index contributed by atoms with van der Waals surface area (Å²) in [6.07, 6.45) is 1.63. The maximum absolute atomic E-state index is 12.4. The molecule has 1 atom stereocenters. The quantitative estimate of drug-likeness (QED) is 0.769. The van der Waals surface area contributed by atoms with Gasteiger partial charge >= 0.3 is 0 Å². The van der Waals surface area contributed by atoms with Crippen LogP contribution in [0.25, 0.3) is 0 Å². The minimum atomic E-state index is -0.301. The molecule has 23 heavy (non-hydrogen) atoms. The van der Waals surface area contributed by atoms with Crippen LogP contribution in [-0.2, 0) is 9.53 Å². The molecule has 0 saturated carbocycles. The fraction of sp³-hybridized carbons (Fsp3) is 0.750. The van der Waals surface area contributed by atoms with E-state index in [1.807, 2.05) is 20.8 Å². The van der Waals surface area contributed by atoms with Gasteiger partial charge < -0.3 is 10.1 Å². The number of ether oxygens (including phenoxy) is 1. The number of morpholine rings is 1. The first-order valence-electron chi connectivity index (χ1n) is 8.33. The molecule has 0 spiro atoms. The molecule has 0 aromatic carbocycles. The van der Waals surface area contributed by atoms with E-state index < -0.39 is 0 Å². The Morgan fingerprint density at radius 1 is 1.39 bits per heavy atom. The van der Waals surface area contributed by atoms with Gasteiger partial charge in [0.25, 0.3) is 0 Å². The van der Waals surface area contributed by atoms with Crippen LogP contribution >= 0.6 is 11.6 Å². The zero-order chi connectivity index (χ0) is 16.8. The second kappa shape index (κ2) is 8.66. The monoisotopic (exact) mass is 342 g/mol. The topological polar surface area (TPSA) is 59.4 Å².